The van der Waals surface area contributed by atoms with Gasteiger partial charge in [-0.3, -0.25) is 0 Å². The first-order chi connectivity index (χ1) is 14.4. The molecule has 148 valence electrons. The molecule has 0 radical (unpaired) electrons. The normalized spacial score (nSPS) is 11.1. The van der Waals surface area contributed by atoms with Crippen LogP contribution in [-0.2, 0) is 6.54 Å². The van der Waals surface area contributed by atoms with Gasteiger partial charge in [-0.1, -0.05) is 60.1 Å². The first-order valence-electron chi connectivity index (χ1n) is 9.80. The van der Waals surface area contributed by atoms with Crippen LogP contribution in [0.25, 0.3) is 33.2 Å². The summed E-state index contributed by atoms with van der Waals surface area (Å²) < 4.78 is 0. The number of aromatic nitrogens is 1. The molecule has 0 saturated heterocycles. The fourth-order valence-corrected chi connectivity index (χ4v) is 3.88. The van der Waals surface area contributed by atoms with Gasteiger partial charge >= 0.3 is 0 Å². The third-order valence-corrected chi connectivity index (χ3v) is 5.41. The number of aryl methyl sites for hydroxylation is 1. The third kappa shape index (κ3) is 4.07. The van der Waals surface area contributed by atoms with Crippen molar-refractivity contribution in [2.24, 2.45) is 0 Å². The number of rotatable bonds is 4. The van der Waals surface area contributed by atoms with Crippen molar-refractivity contribution in [1.82, 2.24) is 9.88 Å². The summed E-state index contributed by atoms with van der Waals surface area (Å²) in [6.45, 7) is 2.85. The number of benzene rings is 3. The monoisotopic (exact) mass is 411 g/mol. The number of fused-ring (bicyclic) bond motifs is 1. The molecule has 4 aromatic rings. The molecular formula is C26H22ClN3. The molecule has 3 aromatic carbocycles. The third-order valence-electron chi connectivity index (χ3n) is 5.22. The predicted octanol–water partition coefficient (Wildman–Crippen LogP) is 6.46. The van der Waals surface area contributed by atoms with E-state index in [2.05, 4.69) is 72.5 Å². The Hall–Kier alpha value is -3.19. The summed E-state index contributed by atoms with van der Waals surface area (Å²) in [5.74, 6) is 0. The van der Waals surface area contributed by atoms with Gasteiger partial charge in [-0.2, -0.15) is 5.26 Å². The molecule has 0 aliphatic carbocycles. The molecule has 0 spiro atoms. The highest BCUT2D eigenvalue weighted by Crippen LogP contribution is 2.33. The maximum atomic E-state index is 9.39. The minimum absolute atomic E-state index is 0.440. The molecular weight excluding hydrogens is 390 g/mol. The van der Waals surface area contributed by atoms with E-state index >= 15 is 0 Å². The molecule has 0 aliphatic heterocycles. The molecule has 0 fully saturated rings. The van der Waals surface area contributed by atoms with E-state index in [1.165, 1.54) is 5.56 Å². The van der Waals surface area contributed by atoms with Crippen molar-refractivity contribution in [3.05, 3.63) is 88.6 Å². The van der Waals surface area contributed by atoms with Crippen molar-refractivity contribution in [3.8, 4) is 28.5 Å². The molecule has 30 heavy (non-hydrogen) atoms. The second kappa shape index (κ2) is 8.28. The fourth-order valence-electron chi connectivity index (χ4n) is 3.68. The molecule has 1 heterocycles. The molecule has 0 atom stereocenters. The van der Waals surface area contributed by atoms with E-state index in [0.717, 1.165) is 45.3 Å². The summed E-state index contributed by atoms with van der Waals surface area (Å²) in [4.78, 5) is 6.73. The van der Waals surface area contributed by atoms with E-state index < -0.39 is 0 Å². The smallest absolute Gasteiger partial charge is 0.130 e. The summed E-state index contributed by atoms with van der Waals surface area (Å²) in [5.41, 5.74) is 6.87. The first kappa shape index (κ1) is 20.1. The molecule has 4 heteroatoms. The zero-order chi connectivity index (χ0) is 21.3. The Bertz CT molecular complexity index is 1270. The van der Waals surface area contributed by atoms with Crippen LogP contribution in [0.15, 0.2) is 66.7 Å². The Kier molecular flexibility index (Phi) is 5.55. The fraction of sp³-hybridized carbons (Fsp3) is 0.154. The minimum atomic E-state index is 0.440. The highest BCUT2D eigenvalue weighted by atomic mass is 35.5. The van der Waals surface area contributed by atoms with Gasteiger partial charge in [0.25, 0.3) is 0 Å². The molecule has 0 saturated carbocycles. The quantitative estimate of drug-likeness (QED) is 0.361. The Morgan fingerprint density at radius 2 is 1.60 bits per heavy atom. The van der Waals surface area contributed by atoms with Crippen LogP contribution in [0.2, 0.25) is 5.15 Å². The lowest BCUT2D eigenvalue weighted by atomic mass is 9.97. The van der Waals surface area contributed by atoms with Crippen LogP contribution in [0, 0.1) is 18.3 Å². The Labute approximate surface area is 182 Å². The van der Waals surface area contributed by atoms with Crippen LogP contribution in [-0.4, -0.2) is 24.0 Å². The lowest BCUT2D eigenvalue weighted by molar-refractivity contribution is 0.402. The van der Waals surface area contributed by atoms with Crippen molar-refractivity contribution in [1.29, 1.82) is 5.26 Å². The molecule has 3 nitrogen and oxygen atoms in total. The topological polar surface area (TPSA) is 39.9 Å². The highest BCUT2D eigenvalue weighted by Gasteiger charge is 2.11. The van der Waals surface area contributed by atoms with Crippen molar-refractivity contribution >= 4 is 22.4 Å². The largest absolute Gasteiger partial charge is 0.305 e. The van der Waals surface area contributed by atoms with Crippen molar-refractivity contribution in [2.75, 3.05) is 14.1 Å². The lowest BCUT2D eigenvalue weighted by Crippen LogP contribution is -2.10. The van der Waals surface area contributed by atoms with Gasteiger partial charge in [0.15, 0.2) is 0 Å². The molecule has 1 aromatic heterocycles. The van der Waals surface area contributed by atoms with Crippen LogP contribution in [0.3, 0.4) is 0 Å². The Morgan fingerprint density at radius 3 is 2.30 bits per heavy atom. The summed E-state index contributed by atoms with van der Waals surface area (Å²) in [6.07, 6.45) is 0. The average molecular weight is 412 g/mol. The highest BCUT2D eigenvalue weighted by molar-refractivity contribution is 6.30. The van der Waals surface area contributed by atoms with E-state index in [-0.39, 0.29) is 0 Å². The van der Waals surface area contributed by atoms with Gasteiger partial charge in [-0.25, -0.2) is 4.98 Å². The number of nitriles is 1. The van der Waals surface area contributed by atoms with Crippen LogP contribution >= 0.6 is 11.6 Å². The lowest BCUT2D eigenvalue weighted by Gasteiger charge is -2.12. The number of nitrogens with zero attached hydrogens (tertiary/aromatic N) is 3. The second-order valence-corrected chi connectivity index (χ2v) is 8.19. The van der Waals surface area contributed by atoms with Gasteiger partial charge in [0, 0.05) is 17.5 Å². The van der Waals surface area contributed by atoms with Gasteiger partial charge in [0.2, 0.25) is 0 Å². The molecule has 0 unspecified atom stereocenters. The molecule has 0 N–H and O–H groups in total. The molecule has 0 aliphatic rings. The van der Waals surface area contributed by atoms with Crippen LogP contribution in [0.4, 0.5) is 0 Å². The van der Waals surface area contributed by atoms with Crippen LogP contribution in [0.1, 0.15) is 16.7 Å². The van der Waals surface area contributed by atoms with Crippen LogP contribution < -0.4 is 0 Å². The number of hydrogen-bond donors (Lipinski definition) is 0. The van der Waals surface area contributed by atoms with Gasteiger partial charge in [0.05, 0.1) is 17.3 Å². The molecule has 4 rings (SSSR count). The number of pyridine rings is 1. The van der Waals surface area contributed by atoms with Crippen molar-refractivity contribution < 1.29 is 0 Å². The zero-order valence-electron chi connectivity index (χ0n) is 17.3. The Balaban J connectivity index is 1.79. The van der Waals surface area contributed by atoms with E-state index in [1.807, 2.05) is 31.2 Å². The maximum Gasteiger partial charge on any atom is 0.130 e. The van der Waals surface area contributed by atoms with E-state index in [9.17, 15) is 5.26 Å². The van der Waals surface area contributed by atoms with E-state index in [1.54, 1.807) is 0 Å². The van der Waals surface area contributed by atoms with Crippen molar-refractivity contribution in [3.63, 3.8) is 0 Å². The van der Waals surface area contributed by atoms with Gasteiger partial charge in [-0.05, 0) is 66.9 Å². The molecule has 0 amide bonds. The van der Waals surface area contributed by atoms with Gasteiger partial charge < -0.3 is 4.90 Å². The standard InChI is InChI=1S/C26H22ClN3/c1-17-4-7-21(13-23(17)15-28)26-24-11-10-20(12-22(24)14-25(27)29-26)19-8-5-18(6-9-19)16-30(2)3/h4-14H,16H2,1-3H3. The number of halogens is 1. The summed E-state index contributed by atoms with van der Waals surface area (Å²) in [6, 6.07) is 25.0. The Morgan fingerprint density at radius 1 is 0.900 bits per heavy atom. The zero-order valence-corrected chi connectivity index (χ0v) is 18.0. The van der Waals surface area contributed by atoms with E-state index in [0.29, 0.717) is 10.7 Å². The molecule has 0 bridgehead atoms. The predicted molar refractivity (Wildman–Crippen MR) is 124 cm³/mol. The SMILES string of the molecule is Cc1ccc(-c2nc(Cl)cc3cc(-c4ccc(CN(C)C)cc4)ccc23)cc1C#N. The summed E-state index contributed by atoms with van der Waals surface area (Å²) >= 11 is 6.37. The van der Waals surface area contributed by atoms with Crippen molar-refractivity contribution in [2.45, 2.75) is 13.5 Å². The van der Waals surface area contributed by atoms with Gasteiger partial charge in [0.1, 0.15) is 5.15 Å². The van der Waals surface area contributed by atoms with E-state index in [4.69, 9.17) is 11.6 Å². The number of hydrogen-bond acceptors (Lipinski definition) is 3. The average Bonchev–Trinajstić information content (AvgIpc) is 2.73. The van der Waals surface area contributed by atoms with Gasteiger partial charge in [-0.15, -0.1) is 0 Å². The summed E-state index contributed by atoms with van der Waals surface area (Å²) in [7, 11) is 4.14. The minimum Gasteiger partial charge on any atom is -0.305 e. The maximum absolute atomic E-state index is 9.39. The van der Waals surface area contributed by atoms with Crippen LogP contribution in [0.5, 0.6) is 0 Å². The first-order valence-corrected chi connectivity index (χ1v) is 10.2. The second-order valence-electron chi connectivity index (χ2n) is 7.81. The summed E-state index contributed by atoms with van der Waals surface area (Å²) in [5, 5.41) is 11.9.